The van der Waals surface area contributed by atoms with E-state index in [2.05, 4.69) is 10.6 Å². The van der Waals surface area contributed by atoms with Gasteiger partial charge in [-0.15, -0.1) is 0 Å². The third-order valence-corrected chi connectivity index (χ3v) is 6.10. The Bertz CT molecular complexity index is 1300. The van der Waals surface area contributed by atoms with Crippen LogP contribution in [-0.4, -0.2) is 23.8 Å². The Morgan fingerprint density at radius 2 is 1.76 bits per heavy atom. The average molecular weight is 474 g/mol. The number of nitrogens with one attached hydrogen (secondary N) is 2. The van der Waals surface area contributed by atoms with Crippen molar-refractivity contribution in [1.82, 2.24) is 0 Å². The molecule has 1 unspecified atom stereocenters. The Hall–Kier alpha value is -3.90. The number of carbonyl (C=O) groups excluding carboxylic acids is 3. The molecule has 3 aromatic rings. The summed E-state index contributed by atoms with van der Waals surface area (Å²) in [6, 6.07) is 18.7. The van der Waals surface area contributed by atoms with Gasteiger partial charge in [-0.1, -0.05) is 48.0 Å². The Balaban J connectivity index is 1.61. The van der Waals surface area contributed by atoms with Crippen LogP contribution in [0, 0.1) is 13.8 Å². The number of hydrogen-bond donors (Lipinski definition) is 2. The molecule has 1 aliphatic rings. The van der Waals surface area contributed by atoms with Crippen molar-refractivity contribution in [3.63, 3.8) is 0 Å². The fourth-order valence-corrected chi connectivity index (χ4v) is 4.00. The number of para-hydroxylation sites is 2. The minimum absolute atomic E-state index is 0.196. The first-order valence-electron chi connectivity index (χ1n) is 10.9. The molecular weight excluding hydrogens is 450 g/mol. The number of halogens is 1. The normalized spacial score (nSPS) is 15.1. The maximum atomic E-state index is 13.3. The number of rotatable bonds is 5. The Morgan fingerprint density at radius 1 is 1.03 bits per heavy atom. The third kappa shape index (κ3) is 5.02. The van der Waals surface area contributed by atoms with Gasteiger partial charge in [-0.25, -0.2) is 0 Å². The quantitative estimate of drug-likeness (QED) is 0.490. The molecule has 0 bridgehead atoms. The van der Waals surface area contributed by atoms with E-state index >= 15 is 0 Å². The van der Waals surface area contributed by atoms with E-state index in [1.54, 1.807) is 48.5 Å². The van der Waals surface area contributed by atoms with Gasteiger partial charge >= 0.3 is 0 Å². The molecule has 6 nitrogen and oxygen atoms in total. The van der Waals surface area contributed by atoms with E-state index in [-0.39, 0.29) is 12.3 Å². The van der Waals surface area contributed by atoms with E-state index in [0.29, 0.717) is 27.6 Å². The van der Waals surface area contributed by atoms with Crippen molar-refractivity contribution in [2.24, 2.45) is 0 Å². The maximum Gasteiger partial charge on any atom is 0.251 e. The number of fused-ring (bicyclic) bond motifs is 1. The van der Waals surface area contributed by atoms with E-state index in [1.807, 2.05) is 38.1 Å². The molecule has 3 aromatic carbocycles. The van der Waals surface area contributed by atoms with Crippen LogP contribution >= 0.6 is 11.6 Å². The van der Waals surface area contributed by atoms with E-state index in [1.165, 1.54) is 11.0 Å². The number of carbonyl (C=O) groups is 3. The van der Waals surface area contributed by atoms with Gasteiger partial charge in [0.2, 0.25) is 11.8 Å². The lowest BCUT2D eigenvalue weighted by atomic mass is 10.0. The fraction of sp³-hybridized carbons (Fsp3) is 0.148. The van der Waals surface area contributed by atoms with Crippen molar-refractivity contribution in [2.45, 2.75) is 26.3 Å². The first kappa shape index (κ1) is 23.3. The van der Waals surface area contributed by atoms with Gasteiger partial charge in [0.15, 0.2) is 0 Å². The molecule has 0 aromatic heterocycles. The highest BCUT2D eigenvalue weighted by Crippen LogP contribution is 2.33. The summed E-state index contributed by atoms with van der Waals surface area (Å²) >= 11 is 6.20. The van der Waals surface area contributed by atoms with Crippen LogP contribution in [0.2, 0.25) is 5.02 Å². The molecule has 34 heavy (non-hydrogen) atoms. The highest BCUT2D eigenvalue weighted by molar-refractivity contribution is 6.32. The highest BCUT2D eigenvalue weighted by Gasteiger charge is 2.37. The molecule has 0 saturated heterocycles. The van der Waals surface area contributed by atoms with Crippen LogP contribution in [0.1, 0.15) is 23.1 Å². The summed E-state index contributed by atoms with van der Waals surface area (Å²) in [5.74, 6) is -1.21. The molecule has 3 amide bonds. The maximum absolute atomic E-state index is 13.3. The molecule has 1 aliphatic heterocycles. The van der Waals surface area contributed by atoms with Gasteiger partial charge < -0.3 is 10.6 Å². The SMILES string of the molecule is Cc1ccc(NC(=O)CC2C(=O)Nc3ccccc3N2C(=O)/C=C/c2ccccc2Cl)cc1C. The Morgan fingerprint density at radius 3 is 2.53 bits per heavy atom. The van der Waals surface area contributed by atoms with Crippen molar-refractivity contribution < 1.29 is 14.4 Å². The van der Waals surface area contributed by atoms with Crippen molar-refractivity contribution in [3.8, 4) is 0 Å². The summed E-state index contributed by atoms with van der Waals surface area (Å²) in [7, 11) is 0. The standard InChI is InChI=1S/C27H24ClN3O3/c1-17-11-13-20(15-18(17)2)29-25(32)16-24-27(34)30-22-9-5-6-10-23(22)31(24)26(33)14-12-19-7-3-4-8-21(19)28/h3-15,24H,16H2,1-2H3,(H,29,32)(H,30,34)/b14-12+. The van der Waals surface area contributed by atoms with Gasteiger partial charge in [-0.3, -0.25) is 19.3 Å². The number of benzene rings is 3. The van der Waals surface area contributed by atoms with Crippen LogP contribution in [0.15, 0.2) is 72.8 Å². The molecule has 0 radical (unpaired) electrons. The smallest absolute Gasteiger partial charge is 0.251 e. The summed E-state index contributed by atoms with van der Waals surface area (Å²) in [4.78, 5) is 40.5. The van der Waals surface area contributed by atoms with Crippen LogP contribution in [0.5, 0.6) is 0 Å². The van der Waals surface area contributed by atoms with Gasteiger partial charge in [0.1, 0.15) is 6.04 Å². The molecule has 172 valence electrons. The van der Waals surface area contributed by atoms with Gasteiger partial charge in [0.05, 0.1) is 17.8 Å². The first-order chi connectivity index (χ1) is 16.3. The first-order valence-corrected chi connectivity index (χ1v) is 11.2. The molecule has 0 saturated carbocycles. The zero-order valence-corrected chi connectivity index (χ0v) is 19.6. The minimum atomic E-state index is -1.01. The second-order valence-electron chi connectivity index (χ2n) is 8.14. The van der Waals surface area contributed by atoms with Gasteiger partial charge in [-0.05, 0) is 66.9 Å². The van der Waals surface area contributed by atoms with Gasteiger partial charge in [0.25, 0.3) is 5.91 Å². The van der Waals surface area contributed by atoms with Crippen LogP contribution < -0.4 is 15.5 Å². The number of aryl methyl sites for hydroxylation is 2. The van der Waals surface area contributed by atoms with E-state index in [0.717, 1.165) is 11.1 Å². The number of amides is 3. The predicted molar refractivity (Wildman–Crippen MR) is 136 cm³/mol. The summed E-state index contributed by atoms with van der Waals surface area (Å²) in [5, 5.41) is 6.15. The minimum Gasteiger partial charge on any atom is -0.326 e. The van der Waals surface area contributed by atoms with E-state index < -0.39 is 17.9 Å². The molecule has 0 aliphatic carbocycles. The Labute approximate surface area is 203 Å². The van der Waals surface area contributed by atoms with Gasteiger partial charge in [-0.2, -0.15) is 0 Å². The van der Waals surface area contributed by atoms with E-state index in [9.17, 15) is 14.4 Å². The van der Waals surface area contributed by atoms with Crippen LogP contribution in [-0.2, 0) is 14.4 Å². The summed E-state index contributed by atoms with van der Waals surface area (Å²) in [6.45, 7) is 3.95. The molecule has 0 fully saturated rings. The molecule has 4 rings (SSSR count). The lowest BCUT2D eigenvalue weighted by Crippen LogP contribution is -2.52. The van der Waals surface area contributed by atoms with Crippen LogP contribution in [0.25, 0.3) is 6.08 Å². The highest BCUT2D eigenvalue weighted by atomic mass is 35.5. The third-order valence-electron chi connectivity index (χ3n) is 5.75. The van der Waals surface area contributed by atoms with Crippen molar-refractivity contribution in [3.05, 3.63) is 94.5 Å². The molecule has 2 N–H and O–H groups in total. The lowest BCUT2D eigenvalue weighted by molar-refractivity contribution is -0.124. The lowest BCUT2D eigenvalue weighted by Gasteiger charge is -2.35. The van der Waals surface area contributed by atoms with Crippen molar-refractivity contribution in [1.29, 1.82) is 0 Å². The zero-order chi connectivity index (χ0) is 24.2. The average Bonchev–Trinajstić information content (AvgIpc) is 2.81. The zero-order valence-electron chi connectivity index (χ0n) is 18.8. The van der Waals surface area contributed by atoms with E-state index in [4.69, 9.17) is 11.6 Å². The number of hydrogen-bond acceptors (Lipinski definition) is 3. The number of anilines is 3. The summed E-state index contributed by atoms with van der Waals surface area (Å²) in [6.07, 6.45) is 2.77. The second kappa shape index (κ2) is 9.93. The van der Waals surface area contributed by atoms with Gasteiger partial charge in [0, 0.05) is 16.8 Å². The molecule has 0 spiro atoms. The monoisotopic (exact) mass is 473 g/mol. The van der Waals surface area contributed by atoms with Crippen LogP contribution in [0.4, 0.5) is 17.1 Å². The van der Waals surface area contributed by atoms with Crippen molar-refractivity contribution in [2.75, 3.05) is 15.5 Å². The van der Waals surface area contributed by atoms with Crippen molar-refractivity contribution >= 4 is 52.5 Å². The van der Waals surface area contributed by atoms with Crippen LogP contribution in [0.3, 0.4) is 0 Å². The molecule has 7 heteroatoms. The molecule has 1 atom stereocenters. The fourth-order valence-electron chi connectivity index (χ4n) is 3.81. The predicted octanol–water partition coefficient (Wildman–Crippen LogP) is 5.35. The topological polar surface area (TPSA) is 78.5 Å². The second-order valence-corrected chi connectivity index (χ2v) is 8.54. The molecular formula is C27H24ClN3O3. The number of nitrogens with zero attached hydrogens (tertiary/aromatic N) is 1. The summed E-state index contributed by atoms with van der Waals surface area (Å²) in [5.41, 5.74) is 4.52. The molecule has 1 heterocycles. The Kier molecular flexibility index (Phi) is 6.80. The largest absolute Gasteiger partial charge is 0.326 e. The summed E-state index contributed by atoms with van der Waals surface area (Å²) < 4.78 is 0.